The van der Waals surface area contributed by atoms with Gasteiger partial charge in [0.1, 0.15) is 15.5 Å². The lowest BCUT2D eigenvalue weighted by Gasteiger charge is -2.06. The van der Waals surface area contributed by atoms with E-state index in [1.807, 2.05) is 13.8 Å². The molecule has 2 heterocycles. The van der Waals surface area contributed by atoms with Gasteiger partial charge in [-0.15, -0.1) is 16.4 Å². The SMILES string of the molecule is COc1ccc(NC(=O)c2sc3nnc(C)c(C)c3c2N)cc1. The molecule has 0 aliphatic heterocycles. The zero-order chi connectivity index (χ0) is 16.6. The number of anilines is 2. The van der Waals surface area contributed by atoms with Crippen molar-refractivity contribution >= 4 is 38.8 Å². The smallest absolute Gasteiger partial charge is 0.267 e. The molecule has 0 spiro atoms. The van der Waals surface area contributed by atoms with E-state index in [-0.39, 0.29) is 5.91 Å². The van der Waals surface area contributed by atoms with Gasteiger partial charge in [0.2, 0.25) is 0 Å². The minimum absolute atomic E-state index is 0.257. The van der Waals surface area contributed by atoms with Crippen molar-refractivity contribution in [2.24, 2.45) is 0 Å². The van der Waals surface area contributed by atoms with Crippen LogP contribution in [-0.4, -0.2) is 23.2 Å². The van der Waals surface area contributed by atoms with Gasteiger partial charge < -0.3 is 15.8 Å². The minimum atomic E-state index is -0.257. The lowest BCUT2D eigenvalue weighted by atomic mass is 10.1. The monoisotopic (exact) mass is 328 g/mol. The summed E-state index contributed by atoms with van der Waals surface area (Å²) in [5, 5.41) is 11.9. The van der Waals surface area contributed by atoms with Crippen LogP contribution < -0.4 is 15.8 Å². The Morgan fingerprint density at radius 1 is 1.22 bits per heavy atom. The van der Waals surface area contributed by atoms with Crippen LogP contribution in [-0.2, 0) is 0 Å². The number of hydrogen-bond acceptors (Lipinski definition) is 6. The fourth-order valence-electron chi connectivity index (χ4n) is 2.27. The Hall–Kier alpha value is -2.67. The molecule has 3 N–H and O–H groups in total. The van der Waals surface area contributed by atoms with Gasteiger partial charge in [0.05, 0.1) is 18.5 Å². The molecule has 2 aromatic heterocycles. The number of fused-ring (bicyclic) bond motifs is 1. The Kier molecular flexibility index (Phi) is 3.87. The summed E-state index contributed by atoms with van der Waals surface area (Å²) in [4.78, 5) is 13.6. The topological polar surface area (TPSA) is 90.1 Å². The largest absolute Gasteiger partial charge is 0.497 e. The van der Waals surface area contributed by atoms with E-state index in [0.717, 1.165) is 22.4 Å². The number of carbonyl (C=O) groups excluding carboxylic acids is 1. The molecule has 7 heteroatoms. The average molecular weight is 328 g/mol. The van der Waals surface area contributed by atoms with E-state index in [2.05, 4.69) is 15.5 Å². The molecule has 3 rings (SSSR count). The first kappa shape index (κ1) is 15.2. The van der Waals surface area contributed by atoms with Gasteiger partial charge in [-0.25, -0.2) is 0 Å². The summed E-state index contributed by atoms with van der Waals surface area (Å²) in [5.74, 6) is 0.471. The first-order valence-electron chi connectivity index (χ1n) is 6.98. The lowest BCUT2D eigenvalue weighted by molar-refractivity contribution is 0.103. The van der Waals surface area contributed by atoms with E-state index in [1.54, 1.807) is 31.4 Å². The predicted octanol–water partition coefficient (Wildman–Crippen LogP) is 3.15. The van der Waals surface area contributed by atoms with Crippen LogP contribution in [0.25, 0.3) is 10.2 Å². The quantitative estimate of drug-likeness (QED) is 0.771. The van der Waals surface area contributed by atoms with E-state index in [9.17, 15) is 4.79 Å². The second-order valence-corrected chi connectivity index (χ2v) is 6.12. The van der Waals surface area contributed by atoms with Gasteiger partial charge in [0, 0.05) is 11.1 Å². The molecule has 6 nitrogen and oxygen atoms in total. The normalized spacial score (nSPS) is 10.7. The minimum Gasteiger partial charge on any atom is -0.497 e. The standard InChI is InChI=1S/C16H16N4O2S/c1-8-9(2)19-20-16-12(8)13(17)14(23-16)15(21)18-10-4-6-11(22-3)7-5-10/h4-7H,17H2,1-3H3,(H,18,21). The number of methoxy groups -OCH3 is 1. The van der Waals surface area contributed by atoms with Crippen LogP contribution in [0.5, 0.6) is 5.75 Å². The molecule has 0 saturated heterocycles. The van der Waals surface area contributed by atoms with Crippen molar-refractivity contribution in [3.05, 3.63) is 40.4 Å². The Morgan fingerprint density at radius 3 is 2.57 bits per heavy atom. The number of nitrogen functional groups attached to an aromatic ring is 1. The number of thiophene rings is 1. The molecular formula is C16H16N4O2S. The highest BCUT2D eigenvalue weighted by atomic mass is 32.1. The van der Waals surface area contributed by atoms with Crippen molar-refractivity contribution in [3.63, 3.8) is 0 Å². The summed E-state index contributed by atoms with van der Waals surface area (Å²) in [6, 6.07) is 7.11. The van der Waals surface area contributed by atoms with Crippen LogP contribution >= 0.6 is 11.3 Å². The summed E-state index contributed by atoms with van der Waals surface area (Å²) in [7, 11) is 1.59. The molecule has 1 amide bonds. The van der Waals surface area contributed by atoms with Gasteiger partial charge in [-0.05, 0) is 43.7 Å². The van der Waals surface area contributed by atoms with Crippen LogP contribution in [0, 0.1) is 13.8 Å². The number of aryl methyl sites for hydroxylation is 2. The average Bonchev–Trinajstić information content (AvgIpc) is 2.89. The van der Waals surface area contributed by atoms with Crippen molar-refractivity contribution in [1.82, 2.24) is 10.2 Å². The fourth-order valence-corrected chi connectivity index (χ4v) is 3.27. The van der Waals surface area contributed by atoms with Crippen LogP contribution in [0.2, 0.25) is 0 Å². The Bertz CT molecular complexity index is 887. The van der Waals surface area contributed by atoms with E-state index in [1.165, 1.54) is 11.3 Å². The molecule has 0 atom stereocenters. The molecule has 118 valence electrons. The molecule has 23 heavy (non-hydrogen) atoms. The molecule has 0 unspecified atom stereocenters. The Labute approximate surface area is 137 Å². The number of hydrogen-bond donors (Lipinski definition) is 2. The van der Waals surface area contributed by atoms with Gasteiger partial charge in [0.15, 0.2) is 0 Å². The number of aromatic nitrogens is 2. The van der Waals surface area contributed by atoms with E-state index in [0.29, 0.717) is 21.1 Å². The lowest BCUT2D eigenvalue weighted by Crippen LogP contribution is -2.11. The highest BCUT2D eigenvalue weighted by Crippen LogP contribution is 2.35. The van der Waals surface area contributed by atoms with Gasteiger partial charge >= 0.3 is 0 Å². The van der Waals surface area contributed by atoms with Crippen LogP contribution in [0.1, 0.15) is 20.9 Å². The first-order valence-corrected chi connectivity index (χ1v) is 7.80. The second kappa shape index (κ2) is 5.85. The van der Waals surface area contributed by atoms with Crippen LogP contribution in [0.4, 0.5) is 11.4 Å². The molecule has 0 radical (unpaired) electrons. The summed E-state index contributed by atoms with van der Waals surface area (Å²) in [6.45, 7) is 3.80. The van der Waals surface area contributed by atoms with Gasteiger partial charge in [-0.3, -0.25) is 4.79 Å². The summed E-state index contributed by atoms with van der Waals surface area (Å²) < 4.78 is 5.10. The Morgan fingerprint density at radius 2 is 1.91 bits per heavy atom. The van der Waals surface area contributed by atoms with E-state index < -0.39 is 0 Å². The molecular weight excluding hydrogens is 312 g/mol. The maximum absolute atomic E-state index is 12.5. The van der Waals surface area contributed by atoms with Crippen molar-refractivity contribution < 1.29 is 9.53 Å². The maximum atomic E-state index is 12.5. The first-order chi connectivity index (χ1) is 11.0. The number of ether oxygens (including phenoxy) is 1. The number of rotatable bonds is 3. The van der Waals surface area contributed by atoms with E-state index in [4.69, 9.17) is 10.5 Å². The summed E-state index contributed by atoms with van der Waals surface area (Å²) in [6.07, 6.45) is 0. The second-order valence-electron chi connectivity index (χ2n) is 5.12. The third-order valence-corrected chi connectivity index (χ3v) is 4.78. The number of nitrogens with zero attached hydrogens (tertiary/aromatic N) is 2. The number of amides is 1. The molecule has 0 aliphatic rings. The Balaban J connectivity index is 1.94. The molecule has 1 aromatic carbocycles. The predicted molar refractivity (Wildman–Crippen MR) is 92.2 cm³/mol. The van der Waals surface area contributed by atoms with Crippen LogP contribution in [0.3, 0.4) is 0 Å². The number of nitrogens with one attached hydrogen (secondary N) is 1. The molecule has 0 aliphatic carbocycles. The molecule has 3 aromatic rings. The highest BCUT2D eigenvalue weighted by Gasteiger charge is 2.20. The third kappa shape index (κ3) is 2.70. The van der Waals surface area contributed by atoms with Gasteiger partial charge in [0.25, 0.3) is 5.91 Å². The fraction of sp³-hybridized carbons (Fsp3) is 0.188. The molecule has 0 bridgehead atoms. The van der Waals surface area contributed by atoms with Crippen molar-refractivity contribution in [1.29, 1.82) is 0 Å². The summed E-state index contributed by atoms with van der Waals surface area (Å²) in [5.41, 5.74) is 9.05. The van der Waals surface area contributed by atoms with Crippen molar-refractivity contribution in [2.45, 2.75) is 13.8 Å². The number of nitrogens with two attached hydrogens (primary N) is 1. The zero-order valence-corrected chi connectivity index (χ0v) is 13.8. The number of benzene rings is 1. The molecule has 0 fully saturated rings. The third-order valence-electron chi connectivity index (χ3n) is 3.69. The van der Waals surface area contributed by atoms with Gasteiger partial charge in [-0.1, -0.05) is 0 Å². The van der Waals surface area contributed by atoms with Crippen molar-refractivity contribution in [2.75, 3.05) is 18.2 Å². The number of carbonyl (C=O) groups is 1. The maximum Gasteiger partial charge on any atom is 0.267 e. The molecule has 0 saturated carbocycles. The van der Waals surface area contributed by atoms with E-state index >= 15 is 0 Å². The highest BCUT2D eigenvalue weighted by molar-refractivity contribution is 7.21. The summed E-state index contributed by atoms with van der Waals surface area (Å²) >= 11 is 1.25. The van der Waals surface area contributed by atoms with Crippen molar-refractivity contribution in [3.8, 4) is 5.75 Å². The van der Waals surface area contributed by atoms with Crippen LogP contribution in [0.15, 0.2) is 24.3 Å². The van der Waals surface area contributed by atoms with Gasteiger partial charge in [-0.2, -0.15) is 5.10 Å². The zero-order valence-electron chi connectivity index (χ0n) is 13.0.